The van der Waals surface area contributed by atoms with Crippen molar-refractivity contribution >= 4 is 35.2 Å². The molecule has 1 amide bonds. The van der Waals surface area contributed by atoms with Gasteiger partial charge in [-0.25, -0.2) is 0 Å². The number of carbonyl (C=O) groups is 2. The number of fused-ring (bicyclic) bond motifs is 1. The summed E-state index contributed by atoms with van der Waals surface area (Å²) < 4.78 is 12.9. The Balaban J connectivity index is 1.44. The molecule has 0 radical (unpaired) electrons. The van der Waals surface area contributed by atoms with Crippen molar-refractivity contribution in [3.8, 4) is 11.5 Å². The van der Waals surface area contributed by atoms with Crippen molar-refractivity contribution in [2.75, 3.05) is 11.9 Å². The van der Waals surface area contributed by atoms with E-state index >= 15 is 0 Å². The molecule has 0 fully saturated rings. The van der Waals surface area contributed by atoms with Gasteiger partial charge >= 0.3 is 5.97 Å². The third-order valence-corrected chi connectivity index (χ3v) is 6.05. The molecule has 3 aromatic rings. The van der Waals surface area contributed by atoms with Crippen LogP contribution in [0.25, 0.3) is 6.08 Å². The number of ether oxygens (including phenoxy) is 2. The largest absolute Gasteiger partial charge is 0.466 e. The van der Waals surface area contributed by atoms with E-state index in [9.17, 15) is 9.59 Å². The van der Waals surface area contributed by atoms with E-state index in [0.717, 1.165) is 29.7 Å². The summed E-state index contributed by atoms with van der Waals surface area (Å²) >= 11 is 6.38. The first-order valence-corrected chi connectivity index (χ1v) is 11.6. The van der Waals surface area contributed by atoms with Crippen LogP contribution in [0.3, 0.4) is 0 Å². The normalized spacial score (nSPS) is 12.2. The van der Waals surface area contributed by atoms with Crippen molar-refractivity contribution < 1.29 is 19.1 Å². The third-order valence-electron chi connectivity index (χ3n) is 5.75. The smallest absolute Gasteiger partial charge is 0.310 e. The van der Waals surface area contributed by atoms with Gasteiger partial charge in [0.05, 0.1) is 18.1 Å². The molecule has 0 bridgehead atoms. The standard InChI is InChI=1S/C27H27ClN2O4/c1-4-33-26(31)15-18-9-11-25(21(28)14-18)34-24-12-10-20(13-17(24)2)29-27(32)23-16-19-7-5-6-8-22(19)30(23)3/h6,8-14,16H,4-5,7,15H2,1-3H3,(H,29,32). The molecule has 34 heavy (non-hydrogen) atoms. The maximum Gasteiger partial charge on any atom is 0.310 e. The summed E-state index contributed by atoms with van der Waals surface area (Å²) in [5.74, 6) is 0.653. The van der Waals surface area contributed by atoms with E-state index in [1.54, 1.807) is 37.3 Å². The second-order valence-corrected chi connectivity index (χ2v) is 8.63. The topological polar surface area (TPSA) is 69.6 Å². The number of hydrogen-bond donors (Lipinski definition) is 1. The number of nitrogens with one attached hydrogen (secondary N) is 1. The van der Waals surface area contributed by atoms with Crippen molar-refractivity contribution in [1.82, 2.24) is 4.57 Å². The Kier molecular flexibility index (Phi) is 7.08. The number of allylic oxidation sites excluding steroid dienone is 1. The Bertz CT molecular complexity index is 1280. The molecule has 1 aromatic heterocycles. The maximum atomic E-state index is 12.9. The van der Waals surface area contributed by atoms with Crippen LogP contribution >= 0.6 is 11.6 Å². The first-order chi connectivity index (χ1) is 16.4. The molecular formula is C27H27ClN2O4. The number of anilines is 1. The molecule has 6 nitrogen and oxygen atoms in total. The minimum atomic E-state index is -0.298. The van der Waals surface area contributed by atoms with Gasteiger partial charge in [-0.15, -0.1) is 0 Å². The number of carbonyl (C=O) groups excluding carboxylic acids is 2. The zero-order valence-electron chi connectivity index (χ0n) is 19.5. The highest BCUT2D eigenvalue weighted by molar-refractivity contribution is 6.32. The molecule has 2 aromatic carbocycles. The lowest BCUT2D eigenvalue weighted by molar-refractivity contribution is -0.142. The number of nitrogens with zero attached hydrogens (tertiary/aromatic N) is 1. The SMILES string of the molecule is CCOC(=O)Cc1ccc(Oc2ccc(NC(=O)c3cc4c(n3C)C=CCC4)cc2C)c(Cl)c1. The van der Waals surface area contributed by atoms with Crippen LogP contribution in [0.2, 0.25) is 5.02 Å². The monoisotopic (exact) mass is 478 g/mol. The van der Waals surface area contributed by atoms with E-state index in [1.807, 2.05) is 30.7 Å². The first-order valence-electron chi connectivity index (χ1n) is 11.2. The van der Waals surface area contributed by atoms with E-state index in [1.165, 1.54) is 5.56 Å². The lowest BCUT2D eigenvalue weighted by Gasteiger charge is -2.13. The summed E-state index contributed by atoms with van der Waals surface area (Å²) in [7, 11) is 1.91. The average Bonchev–Trinajstić information content (AvgIpc) is 3.14. The quantitative estimate of drug-likeness (QED) is 0.417. The zero-order chi connectivity index (χ0) is 24.2. The fraction of sp³-hybridized carbons (Fsp3) is 0.259. The predicted molar refractivity (Wildman–Crippen MR) is 134 cm³/mol. The van der Waals surface area contributed by atoms with Crippen LogP contribution in [-0.2, 0) is 29.4 Å². The van der Waals surface area contributed by atoms with Crippen LogP contribution < -0.4 is 10.1 Å². The Morgan fingerprint density at radius 2 is 1.91 bits per heavy atom. The number of amides is 1. The van der Waals surface area contributed by atoms with Gasteiger partial charge in [0.1, 0.15) is 17.2 Å². The fourth-order valence-corrected chi connectivity index (χ4v) is 4.26. The lowest BCUT2D eigenvalue weighted by atomic mass is 10.0. The third kappa shape index (κ3) is 5.18. The molecular weight excluding hydrogens is 452 g/mol. The van der Waals surface area contributed by atoms with E-state index in [-0.39, 0.29) is 18.3 Å². The van der Waals surface area contributed by atoms with Crippen molar-refractivity contribution in [2.45, 2.75) is 33.1 Å². The van der Waals surface area contributed by atoms with Gasteiger partial charge in [0.15, 0.2) is 0 Å². The molecule has 176 valence electrons. The molecule has 1 heterocycles. The number of halogens is 1. The molecule has 0 unspecified atom stereocenters. The molecule has 1 N–H and O–H groups in total. The molecule has 0 aliphatic heterocycles. The van der Waals surface area contributed by atoms with Crippen LogP contribution in [0, 0.1) is 6.92 Å². The van der Waals surface area contributed by atoms with Crippen LogP contribution in [0.4, 0.5) is 5.69 Å². The Morgan fingerprint density at radius 3 is 2.62 bits per heavy atom. The summed E-state index contributed by atoms with van der Waals surface area (Å²) in [6.45, 7) is 4.01. The summed E-state index contributed by atoms with van der Waals surface area (Å²) in [4.78, 5) is 24.6. The second kappa shape index (κ2) is 10.2. The van der Waals surface area contributed by atoms with Crippen molar-refractivity contribution in [3.05, 3.63) is 81.6 Å². The predicted octanol–water partition coefficient (Wildman–Crippen LogP) is 6.10. The van der Waals surface area contributed by atoms with Crippen LogP contribution in [-0.4, -0.2) is 23.1 Å². The summed E-state index contributed by atoms with van der Waals surface area (Å²) in [5, 5.41) is 3.38. The van der Waals surface area contributed by atoms with E-state index in [2.05, 4.69) is 17.5 Å². The van der Waals surface area contributed by atoms with Gasteiger partial charge in [-0.1, -0.05) is 23.7 Å². The van der Waals surface area contributed by atoms with E-state index < -0.39 is 0 Å². The number of aryl methyl sites for hydroxylation is 2. The number of esters is 1. The second-order valence-electron chi connectivity index (χ2n) is 8.22. The maximum absolute atomic E-state index is 12.9. The minimum Gasteiger partial charge on any atom is -0.466 e. The van der Waals surface area contributed by atoms with Crippen molar-refractivity contribution in [1.29, 1.82) is 0 Å². The fourth-order valence-electron chi connectivity index (χ4n) is 4.02. The number of hydrogen-bond acceptors (Lipinski definition) is 4. The minimum absolute atomic E-state index is 0.154. The highest BCUT2D eigenvalue weighted by atomic mass is 35.5. The zero-order valence-corrected chi connectivity index (χ0v) is 20.2. The van der Waals surface area contributed by atoms with Gasteiger partial charge in [-0.05, 0) is 85.9 Å². The number of rotatable bonds is 7. The molecule has 0 saturated carbocycles. The van der Waals surface area contributed by atoms with Crippen LogP contribution in [0.5, 0.6) is 11.5 Å². The summed E-state index contributed by atoms with van der Waals surface area (Å²) in [6.07, 6.45) is 6.30. The molecule has 1 aliphatic rings. The van der Waals surface area contributed by atoms with Gasteiger partial charge in [0.2, 0.25) is 0 Å². The summed E-state index contributed by atoms with van der Waals surface area (Å²) in [5.41, 5.74) is 5.19. The van der Waals surface area contributed by atoms with Crippen LogP contribution in [0.1, 0.15) is 46.2 Å². The van der Waals surface area contributed by atoms with Crippen molar-refractivity contribution in [3.63, 3.8) is 0 Å². The van der Waals surface area contributed by atoms with Gasteiger partial charge in [-0.2, -0.15) is 0 Å². The Hall–Kier alpha value is -3.51. The molecule has 0 spiro atoms. The molecule has 1 aliphatic carbocycles. The molecule has 0 atom stereocenters. The number of benzene rings is 2. The lowest BCUT2D eigenvalue weighted by Crippen LogP contribution is -2.16. The molecule has 0 saturated heterocycles. The number of aromatic nitrogens is 1. The van der Waals surface area contributed by atoms with E-state index in [4.69, 9.17) is 21.1 Å². The summed E-state index contributed by atoms with van der Waals surface area (Å²) in [6, 6.07) is 12.6. The van der Waals surface area contributed by atoms with Crippen molar-refractivity contribution in [2.24, 2.45) is 7.05 Å². The average molecular weight is 479 g/mol. The Labute approximate surface area is 204 Å². The van der Waals surface area contributed by atoms with E-state index in [0.29, 0.717) is 34.5 Å². The van der Waals surface area contributed by atoms with Gasteiger partial charge in [0, 0.05) is 18.4 Å². The highest BCUT2D eigenvalue weighted by Gasteiger charge is 2.18. The Morgan fingerprint density at radius 1 is 1.12 bits per heavy atom. The first kappa shape index (κ1) is 23.6. The van der Waals surface area contributed by atoms with Gasteiger partial charge < -0.3 is 19.4 Å². The van der Waals surface area contributed by atoms with Gasteiger partial charge in [0.25, 0.3) is 5.91 Å². The molecule has 7 heteroatoms. The van der Waals surface area contributed by atoms with Gasteiger partial charge in [-0.3, -0.25) is 9.59 Å². The van der Waals surface area contributed by atoms with Crippen LogP contribution in [0.15, 0.2) is 48.5 Å². The molecule has 4 rings (SSSR count). The highest BCUT2D eigenvalue weighted by Crippen LogP contribution is 2.33.